The molecule has 9 heteroatoms. The lowest BCUT2D eigenvalue weighted by molar-refractivity contribution is -0.120. The number of methoxy groups -OCH3 is 1. The minimum atomic E-state index is -1.14. The topological polar surface area (TPSA) is 133 Å². The fourth-order valence-electron chi connectivity index (χ4n) is 3.88. The highest BCUT2D eigenvalue weighted by Crippen LogP contribution is 2.43. The maximum Gasteiger partial charge on any atom is 0.339 e. The number of carboxylic acid groups (broad SMARTS) is 1. The van der Waals surface area contributed by atoms with Gasteiger partial charge in [-0.2, -0.15) is 0 Å². The Morgan fingerprint density at radius 1 is 1.19 bits per heavy atom. The van der Waals surface area contributed by atoms with Crippen LogP contribution >= 0.6 is 0 Å². The van der Waals surface area contributed by atoms with Crippen molar-refractivity contribution in [2.75, 3.05) is 19.0 Å². The quantitative estimate of drug-likeness (QED) is 0.522. The third kappa shape index (κ3) is 3.87. The maximum absolute atomic E-state index is 12.5. The lowest BCUT2D eigenvalue weighted by atomic mass is 9.88. The number of hydrogen-bond donors (Lipinski definition) is 3. The molecule has 2 amide bonds. The minimum absolute atomic E-state index is 0.000571. The summed E-state index contributed by atoms with van der Waals surface area (Å²) in [5, 5.41) is 12.5. The molecule has 0 aliphatic carbocycles. The summed E-state index contributed by atoms with van der Waals surface area (Å²) in [7, 11) is 1.47. The number of amides is 2. The number of nitrogens with zero attached hydrogens (tertiary/aromatic N) is 1. The molecule has 0 spiro atoms. The SMILES string of the molecule is COc1ccc([C@H]2CC(=O)Nc3c(C(=O)O)cn(-c4ccccc4)c32)cc1OCC(N)=O. The average Bonchev–Trinajstić information content (AvgIpc) is 3.17. The van der Waals surface area contributed by atoms with Crippen LogP contribution in [0.5, 0.6) is 11.5 Å². The first-order valence-electron chi connectivity index (χ1n) is 9.82. The lowest BCUT2D eigenvalue weighted by Crippen LogP contribution is -2.25. The Hall–Kier alpha value is -4.27. The first kappa shape index (κ1) is 21.0. The highest BCUT2D eigenvalue weighted by molar-refractivity contribution is 6.04. The zero-order valence-electron chi connectivity index (χ0n) is 17.2. The Kier molecular flexibility index (Phi) is 5.55. The molecule has 4 rings (SSSR count). The summed E-state index contributed by atoms with van der Waals surface area (Å²) in [6.07, 6.45) is 1.61. The summed E-state index contributed by atoms with van der Waals surface area (Å²) in [4.78, 5) is 35.6. The van der Waals surface area contributed by atoms with Gasteiger partial charge in [0, 0.05) is 24.2 Å². The highest BCUT2D eigenvalue weighted by atomic mass is 16.5. The van der Waals surface area contributed by atoms with Crippen LogP contribution in [0.3, 0.4) is 0 Å². The van der Waals surface area contributed by atoms with Crippen molar-refractivity contribution >= 4 is 23.5 Å². The number of carbonyl (C=O) groups is 3. The van der Waals surface area contributed by atoms with Crippen molar-refractivity contribution in [2.24, 2.45) is 5.73 Å². The van der Waals surface area contributed by atoms with Crippen molar-refractivity contribution in [1.82, 2.24) is 4.57 Å². The molecule has 1 atom stereocenters. The van der Waals surface area contributed by atoms with Gasteiger partial charge in [-0.05, 0) is 29.8 Å². The van der Waals surface area contributed by atoms with Crippen LogP contribution in [0.25, 0.3) is 5.69 Å². The predicted molar refractivity (Wildman–Crippen MR) is 116 cm³/mol. The van der Waals surface area contributed by atoms with Gasteiger partial charge in [0.05, 0.1) is 18.5 Å². The molecule has 32 heavy (non-hydrogen) atoms. The van der Waals surface area contributed by atoms with Crippen LogP contribution in [0.15, 0.2) is 54.7 Å². The van der Waals surface area contributed by atoms with Crippen molar-refractivity contribution in [2.45, 2.75) is 12.3 Å². The normalized spacial score (nSPS) is 14.9. The number of carboxylic acids is 1. The summed E-state index contributed by atoms with van der Waals surface area (Å²) in [6, 6.07) is 14.4. The number of rotatable bonds is 7. The Balaban J connectivity index is 1.88. The molecule has 0 fully saturated rings. The van der Waals surface area contributed by atoms with Crippen LogP contribution in [0.4, 0.5) is 5.69 Å². The minimum Gasteiger partial charge on any atom is -0.493 e. The van der Waals surface area contributed by atoms with Crippen molar-refractivity contribution in [3.05, 3.63) is 71.5 Å². The number of benzene rings is 2. The average molecular weight is 435 g/mol. The maximum atomic E-state index is 12.5. The summed E-state index contributed by atoms with van der Waals surface area (Å²) in [5.41, 5.74) is 7.56. The molecule has 164 valence electrons. The largest absolute Gasteiger partial charge is 0.493 e. The van der Waals surface area contributed by atoms with Gasteiger partial charge in [0.1, 0.15) is 5.56 Å². The van der Waals surface area contributed by atoms with Gasteiger partial charge in [0.2, 0.25) is 5.91 Å². The molecule has 2 heterocycles. The van der Waals surface area contributed by atoms with Crippen LogP contribution in [-0.2, 0) is 9.59 Å². The van der Waals surface area contributed by atoms with E-state index in [1.54, 1.807) is 22.8 Å². The number of primary amides is 1. The van der Waals surface area contributed by atoms with Crippen LogP contribution in [0.2, 0.25) is 0 Å². The number of aromatic nitrogens is 1. The van der Waals surface area contributed by atoms with Gasteiger partial charge in [0.25, 0.3) is 5.91 Å². The number of nitrogens with one attached hydrogen (secondary N) is 1. The lowest BCUT2D eigenvalue weighted by Gasteiger charge is -2.27. The van der Waals surface area contributed by atoms with Crippen LogP contribution in [0.1, 0.15) is 34.0 Å². The fraction of sp³-hybridized carbons (Fsp3) is 0.174. The van der Waals surface area contributed by atoms with Crippen molar-refractivity contribution in [3.8, 4) is 17.2 Å². The molecular weight excluding hydrogens is 414 g/mol. The number of fused-ring (bicyclic) bond motifs is 1. The zero-order valence-corrected chi connectivity index (χ0v) is 17.2. The summed E-state index contributed by atoms with van der Waals surface area (Å²) in [6.45, 7) is -0.334. The standard InChI is InChI=1S/C23H21N3O6/c1-31-17-8-7-13(9-18(17)32-12-19(24)27)15-10-20(28)25-21-16(23(29)30)11-26(22(15)21)14-5-3-2-4-6-14/h2-9,11,15H,10,12H2,1H3,(H2,24,27)(H,25,28)(H,29,30)/t15-/m1/s1. The molecule has 0 saturated carbocycles. The Labute approximate surface area is 183 Å². The highest BCUT2D eigenvalue weighted by Gasteiger charge is 2.34. The Bertz CT molecular complexity index is 1200. The van der Waals surface area contributed by atoms with E-state index < -0.39 is 17.8 Å². The third-order valence-corrected chi connectivity index (χ3v) is 5.25. The van der Waals surface area contributed by atoms with Crippen LogP contribution in [0, 0.1) is 0 Å². The van der Waals surface area contributed by atoms with E-state index in [1.165, 1.54) is 13.3 Å². The Morgan fingerprint density at radius 3 is 2.59 bits per heavy atom. The number of aromatic carboxylic acids is 1. The molecule has 1 aliphatic heterocycles. The van der Waals surface area contributed by atoms with E-state index in [1.807, 2.05) is 30.3 Å². The third-order valence-electron chi connectivity index (χ3n) is 5.25. The molecule has 1 aromatic heterocycles. The van der Waals surface area contributed by atoms with E-state index in [0.717, 1.165) is 5.69 Å². The second kappa shape index (κ2) is 8.46. The number of hydrogen-bond acceptors (Lipinski definition) is 5. The Morgan fingerprint density at radius 2 is 1.94 bits per heavy atom. The van der Waals surface area contributed by atoms with Crippen molar-refractivity contribution < 1.29 is 29.0 Å². The van der Waals surface area contributed by atoms with E-state index >= 15 is 0 Å². The van der Waals surface area contributed by atoms with E-state index in [2.05, 4.69) is 5.32 Å². The van der Waals surface area contributed by atoms with Crippen LogP contribution in [-0.4, -0.2) is 41.2 Å². The van der Waals surface area contributed by atoms with Gasteiger partial charge >= 0.3 is 5.97 Å². The molecule has 4 N–H and O–H groups in total. The molecule has 0 saturated heterocycles. The van der Waals surface area contributed by atoms with Gasteiger partial charge in [-0.15, -0.1) is 0 Å². The molecule has 0 radical (unpaired) electrons. The van der Waals surface area contributed by atoms with Gasteiger partial charge < -0.3 is 30.2 Å². The molecule has 3 aromatic rings. The summed E-state index contributed by atoms with van der Waals surface area (Å²) < 4.78 is 12.6. The number of anilines is 1. The first-order valence-corrected chi connectivity index (χ1v) is 9.82. The van der Waals surface area contributed by atoms with Gasteiger partial charge in [-0.3, -0.25) is 9.59 Å². The molecule has 9 nitrogen and oxygen atoms in total. The second-order valence-electron chi connectivity index (χ2n) is 7.28. The summed E-state index contributed by atoms with van der Waals surface area (Å²) >= 11 is 0. The second-order valence-corrected chi connectivity index (χ2v) is 7.28. The van der Waals surface area contributed by atoms with E-state index in [-0.39, 0.29) is 30.2 Å². The van der Waals surface area contributed by atoms with E-state index in [4.69, 9.17) is 15.2 Å². The summed E-state index contributed by atoms with van der Waals surface area (Å²) in [5.74, 6) is -1.84. The molecule has 1 aliphatic rings. The van der Waals surface area contributed by atoms with Crippen molar-refractivity contribution in [1.29, 1.82) is 0 Å². The number of ether oxygens (including phenoxy) is 2. The van der Waals surface area contributed by atoms with E-state index in [9.17, 15) is 19.5 Å². The molecular formula is C23H21N3O6. The number of nitrogens with two attached hydrogens (primary N) is 1. The molecule has 0 bridgehead atoms. The molecule has 0 unspecified atom stereocenters. The van der Waals surface area contributed by atoms with Gasteiger partial charge in [-0.25, -0.2) is 4.79 Å². The fourth-order valence-corrected chi connectivity index (χ4v) is 3.88. The van der Waals surface area contributed by atoms with Crippen molar-refractivity contribution in [3.63, 3.8) is 0 Å². The van der Waals surface area contributed by atoms with Gasteiger partial charge in [-0.1, -0.05) is 24.3 Å². The smallest absolute Gasteiger partial charge is 0.339 e. The van der Waals surface area contributed by atoms with E-state index in [0.29, 0.717) is 22.8 Å². The van der Waals surface area contributed by atoms with Gasteiger partial charge in [0.15, 0.2) is 18.1 Å². The predicted octanol–water partition coefficient (Wildman–Crippen LogP) is 2.52. The zero-order chi connectivity index (χ0) is 22.8. The first-order chi connectivity index (χ1) is 15.4. The number of para-hydroxylation sites is 1. The number of carbonyl (C=O) groups excluding carboxylic acids is 2. The monoisotopic (exact) mass is 435 g/mol. The van der Waals surface area contributed by atoms with Crippen LogP contribution < -0.4 is 20.5 Å². The molecule has 2 aromatic carbocycles.